The van der Waals surface area contributed by atoms with Crippen molar-refractivity contribution in [3.8, 4) is 17.1 Å². The smallest absolute Gasteiger partial charge is 0.416 e. The number of nitrogens with zero attached hydrogens (tertiary/aromatic N) is 2. The molecular formula is C19H15ClF3N3O3S. The summed E-state index contributed by atoms with van der Waals surface area (Å²) >= 11 is 5.85. The molecule has 0 fully saturated rings. The van der Waals surface area contributed by atoms with Crippen LogP contribution in [0.5, 0.6) is 5.88 Å². The normalized spacial score (nSPS) is 11.9. The number of halogens is 4. The second-order valence-corrected chi connectivity index (χ2v) is 8.08. The van der Waals surface area contributed by atoms with E-state index in [0.717, 1.165) is 6.07 Å². The van der Waals surface area contributed by atoms with Crippen molar-refractivity contribution in [2.24, 2.45) is 0 Å². The number of nitrogens with one attached hydrogen (secondary N) is 1. The van der Waals surface area contributed by atoms with Gasteiger partial charge in [0.2, 0.25) is 5.88 Å². The molecule has 0 atom stereocenters. The summed E-state index contributed by atoms with van der Waals surface area (Å²) in [7, 11) is -4.38. The number of sulfonamides is 1. The first-order valence-corrected chi connectivity index (χ1v) is 10.4. The van der Waals surface area contributed by atoms with Crippen LogP contribution in [0.15, 0.2) is 59.5 Å². The summed E-state index contributed by atoms with van der Waals surface area (Å²) < 4.78 is 71.6. The fourth-order valence-corrected chi connectivity index (χ4v) is 4.11. The fraction of sp³-hybridized carbons (Fsp3) is 0.158. The Hall–Kier alpha value is -2.85. The largest absolute Gasteiger partial charge is 0.477 e. The van der Waals surface area contributed by atoms with E-state index >= 15 is 0 Å². The molecule has 2 aromatic carbocycles. The van der Waals surface area contributed by atoms with Crippen LogP contribution in [0.25, 0.3) is 11.3 Å². The maximum atomic E-state index is 13.0. The van der Waals surface area contributed by atoms with Gasteiger partial charge in [0.25, 0.3) is 10.0 Å². The lowest BCUT2D eigenvalue weighted by Gasteiger charge is -2.13. The minimum absolute atomic E-state index is 0.122. The summed E-state index contributed by atoms with van der Waals surface area (Å²) in [4.78, 5) is -0.676. The first-order chi connectivity index (χ1) is 14.1. The average molecular weight is 458 g/mol. The summed E-state index contributed by atoms with van der Waals surface area (Å²) in [5.74, 6) is 0.345. The molecule has 0 aliphatic rings. The SMILES string of the molecule is CCOc1ccc(-c2cccc(NS(=O)(=O)c3cc(C(F)(F)F)ccc3Cl)c2)nn1. The summed E-state index contributed by atoms with van der Waals surface area (Å²) in [6.07, 6.45) is -4.71. The maximum Gasteiger partial charge on any atom is 0.416 e. The molecule has 0 aliphatic carbocycles. The number of aromatic nitrogens is 2. The van der Waals surface area contributed by atoms with Gasteiger partial charge in [-0.05, 0) is 43.3 Å². The van der Waals surface area contributed by atoms with Gasteiger partial charge in [0.1, 0.15) is 4.90 Å². The molecule has 30 heavy (non-hydrogen) atoms. The Balaban J connectivity index is 1.90. The van der Waals surface area contributed by atoms with E-state index in [0.29, 0.717) is 35.9 Å². The zero-order valence-electron chi connectivity index (χ0n) is 15.4. The van der Waals surface area contributed by atoms with Crippen LogP contribution in [-0.4, -0.2) is 25.2 Å². The zero-order valence-corrected chi connectivity index (χ0v) is 17.0. The Bertz CT molecular complexity index is 1150. The van der Waals surface area contributed by atoms with Crippen molar-refractivity contribution in [2.45, 2.75) is 18.0 Å². The molecule has 1 aromatic heterocycles. The highest BCUT2D eigenvalue weighted by Crippen LogP contribution is 2.34. The first kappa shape index (κ1) is 21.8. The number of rotatable bonds is 6. The highest BCUT2D eigenvalue weighted by molar-refractivity contribution is 7.92. The van der Waals surface area contributed by atoms with Gasteiger partial charge in [-0.15, -0.1) is 10.2 Å². The lowest BCUT2D eigenvalue weighted by molar-refractivity contribution is -0.137. The summed E-state index contributed by atoms with van der Waals surface area (Å²) in [6.45, 7) is 2.24. The molecule has 11 heteroatoms. The van der Waals surface area contributed by atoms with Crippen LogP contribution in [0.4, 0.5) is 18.9 Å². The van der Waals surface area contributed by atoms with Gasteiger partial charge in [0.05, 0.1) is 22.9 Å². The number of hydrogen-bond acceptors (Lipinski definition) is 5. The van der Waals surface area contributed by atoms with Crippen molar-refractivity contribution < 1.29 is 26.3 Å². The molecule has 0 saturated heterocycles. The molecule has 1 heterocycles. The third-order valence-electron chi connectivity index (χ3n) is 3.89. The molecule has 158 valence electrons. The van der Waals surface area contributed by atoms with Gasteiger partial charge in [-0.3, -0.25) is 4.72 Å². The van der Waals surface area contributed by atoms with Crippen molar-refractivity contribution >= 4 is 27.3 Å². The van der Waals surface area contributed by atoms with E-state index in [-0.39, 0.29) is 10.7 Å². The molecule has 0 aliphatic heterocycles. The monoisotopic (exact) mass is 457 g/mol. The second-order valence-electron chi connectivity index (χ2n) is 6.02. The highest BCUT2D eigenvalue weighted by Gasteiger charge is 2.32. The summed E-state index contributed by atoms with van der Waals surface area (Å²) in [5.41, 5.74) is -0.000147. The molecular weight excluding hydrogens is 443 g/mol. The Morgan fingerprint density at radius 2 is 1.83 bits per heavy atom. The molecule has 0 unspecified atom stereocenters. The minimum atomic E-state index is -4.71. The summed E-state index contributed by atoms with van der Waals surface area (Å²) in [6, 6.07) is 11.5. The van der Waals surface area contributed by atoms with Crippen molar-refractivity contribution in [1.82, 2.24) is 10.2 Å². The molecule has 0 spiro atoms. The van der Waals surface area contributed by atoms with E-state index in [9.17, 15) is 21.6 Å². The van der Waals surface area contributed by atoms with E-state index in [4.69, 9.17) is 16.3 Å². The van der Waals surface area contributed by atoms with Crippen molar-refractivity contribution in [3.05, 3.63) is 65.2 Å². The quantitative estimate of drug-likeness (QED) is 0.562. The molecule has 3 rings (SSSR count). The Morgan fingerprint density at radius 1 is 1.07 bits per heavy atom. The third kappa shape index (κ3) is 5.00. The first-order valence-electron chi connectivity index (χ1n) is 8.56. The van der Waals surface area contributed by atoms with Crippen LogP contribution < -0.4 is 9.46 Å². The molecule has 1 N–H and O–H groups in total. The maximum absolute atomic E-state index is 13.0. The zero-order chi connectivity index (χ0) is 21.9. The van der Waals surface area contributed by atoms with Gasteiger partial charge in [0, 0.05) is 17.3 Å². The van der Waals surface area contributed by atoms with Gasteiger partial charge in [-0.1, -0.05) is 23.7 Å². The molecule has 0 radical (unpaired) electrons. The van der Waals surface area contributed by atoms with E-state index in [2.05, 4.69) is 14.9 Å². The fourth-order valence-electron chi connectivity index (χ4n) is 2.54. The number of ether oxygens (including phenoxy) is 1. The van der Waals surface area contributed by atoms with E-state index in [1.807, 2.05) is 6.92 Å². The molecule has 0 amide bonds. The third-order valence-corrected chi connectivity index (χ3v) is 5.75. The number of alkyl halides is 3. The Labute approximate surface area is 175 Å². The van der Waals surface area contributed by atoms with Gasteiger partial charge in [-0.2, -0.15) is 13.2 Å². The van der Waals surface area contributed by atoms with Crippen LogP contribution in [0.1, 0.15) is 12.5 Å². The van der Waals surface area contributed by atoms with Crippen LogP contribution in [-0.2, 0) is 16.2 Å². The number of anilines is 1. The standard InChI is InChI=1S/C19H15ClF3N3O3S/c1-2-29-18-9-8-16(24-25-18)12-4-3-5-14(10-12)26-30(27,28)17-11-13(19(21,22)23)6-7-15(17)20/h3-11,26H,2H2,1H3. The van der Waals surface area contributed by atoms with Crippen LogP contribution >= 0.6 is 11.6 Å². The Morgan fingerprint density at radius 3 is 2.47 bits per heavy atom. The van der Waals surface area contributed by atoms with Crippen molar-refractivity contribution in [1.29, 1.82) is 0 Å². The Kier molecular flexibility index (Phi) is 6.18. The van der Waals surface area contributed by atoms with Gasteiger partial charge >= 0.3 is 6.18 Å². The van der Waals surface area contributed by atoms with Gasteiger partial charge in [-0.25, -0.2) is 8.42 Å². The van der Waals surface area contributed by atoms with Crippen molar-refractivity contribution in [3.63, 3.8) is 0 Å². The predicted molar refractivity (Wildman–Crippen MR) is 106 cm³/mol. The summed E-state index contributed by atoms with van der Waals surface area (Å²) in [5, 5.41) is 7.59. The van der Waals surface area contributed by atoms with Crippen LogP contribution in [0, 0.1) is 0 Å². The minimum Gasteiger partial charge on any atom is -0.477 e. The van der Waals surface area contributed by atoms with Crippen LogP contribution in [0.2, 0.25) is 5.02 Å². The van der Waals surface area contributed by atoms with Gasteiger partial charge < -0.3 is 4.74 Å². The van der Waals surface area contributed by atoms with Crippen molar-refractivity contribution in [2.75, 3.05) is 11.3 Å². The number of benzene rings is 2. The molecule has 3 aromatic rings. The molecule has 0 saturated carbocycles. The van der Waals surface area contributed by atoms with E-state index in [1.54, 1.807) is 24.3 Å². The van der Waals surface area contributed by atoms with Gasteiger partial charge in [0.15, 0.2) is 0 Å². The average Bonchev–Trinajstić information content (AvgIpc) is 2.68. The highest BCUT2D eigenvalue weighted by atomic mass is 35.5. The lowest BCUT2D eigenvalue weighted by atomic mass is 10.1. The molecule has 0 bridgehead atoms. The second kappa shape index (κ2) is 8.49. The van der Waals surface area contributed by atoms with E-state index in [1.165, 1.54) is 12.1 Å². The predicted octanol–water partition coefficient (Wildman–Crippen LogP) is 5.02. The van der Waals surface area contributed by atoms with E-state index < -0.39 is 26.7 Å². The molecule has 6 nitrogen and oxygen atoms in total. The van der Waals surface area contributed by atoms with Crippen LogP contribution in [0.3, 0.4) is 0 Å². The number of hydrogen-bond donors (Lipinski definition) is 1. The lowest BCUT2D eigenvalue weighted by Crippen LogP contribution is -2.15. The topological polar surface area (TPSA) is 81.2 Å².